The van der Waals surface area contributed by atoms with Crippen LogP contribution < -0.4 is 4.74 Å². The van der Waals surface area contributed by atoms with Crippen LogP contribution in [0, 0.1) is 0 Å². The van der Waals surface area contributed by atoms with Crippen molar-refractivity contribution < 1.29 is 17.9 Å². The number of ether oxygens (including phenoxy) is 1. The molecule has 16 heavy (non-hydrogen) atoms. The molecule has 1 heterocycles. The maximum absolute atomic E-state index is 11.7. The van der Waals surface area contributed by atoms with Crippen molar-refractivity contribution in [3.8, 4) is 5.75 Å². The Morgan fingerprint density at radius 1 is 1.31 bits per heavy atom. The fourth-order valence-corrected chi connectivity index (χ4v) is 0.993. The molecule has 1 aromatic rings. The van der Waals surface area contributed by atoms with Gasteiger partial charge in [0.2, 0.25) is 0 Å². The van der Waals surface area contributed by atoms with E-state index in [-0.39, 0.29) is 17.7 Å². The van der Waals surface area contributed by atoms with Crippen molar-refractivity contribution in [1.29, 1.82) is 0 Å². The molecule has 0 spiro atoms. The third-order valence-corrected chi connectivity index (χ3v) is 1.81. The predicted octanol–water partition coefficient (Wildman–Crippen LogP) is 3.66. The first-order valence-corrected chi connectivity index (χ1v) is 4.75. The second-order valence-corrected chi connectivity index (χ2v) is 3.54. The Balaban J connectivity index is 2.59. The topological polar surface area (TPSA) is 22.1 Å². The van der Waals surface area contributed by atoms with Gasteiger partial charge in [-0.2, -0.15) is 13.2 Å². The van der Waals surface area contributed by atoms with Crippen LogP contribution in [0.5, 0.6) is 5.75 Å². The highest BCUT2D eigenvalue weighted by Gasteiger charge is 2.22. The van der Waals surface area contributed by atoms with Crippen LogP contribution in [0.15, 0.2) is 30.7 Å². The van der Waals surface area contributed by atoms with Crippen LogP contribution in [0.1, 0.15) is 25.5 Å². The standard InChI is InChI=1S/C11H12F3NO/c1-8(2)10-4-3-9(7-15-10)16-6-5-11(12,13)14/h3-8H,1-2H3/b6-5-. The molecule has 0 aliphatic carbocycles. The molecule has 5 heteroatoms. The molecule has 0 radical (unpaired) electrons. The SMILES string of the molecule is CC(C)c1ccc(O/C=C\C(F)(F)F)cn1. The highest BCUT2D eigenvalue weighted by atomic mass is 19.4. The molecular formula is C11H12F3NO. The normalized spacial score (nSPS) is 12.4. The predicted molar refractivity (Wildman–Crippen MR) is 54.1 cm³/mol. The minimum atomic E-state index is -4.36. The van der Waals surface area contributed by atoms with E-state index in [1.54, 1.807) is 12.1 Å². The van der Waals surface area contributed by atoms with Crippen molar-refractivity contribution in [1.82, 2.24) is 4.98 Å². The van der Waals surface area contributed by atoms with E-state index in [0.717, 1.165) is 5.69 Å². The number of aromatic nitrogens is 1. The molecule has 88 valence electrons. The summed E-state index contributed by atoms with van der Waals surface area (Å²) < 4.78 is 40.0. The summed E-state index contributed by atoms with van der Waals surface area (Å²) in [5, 5.41) is 0. The smallest absolute Gasteiger partial charge is 0.412 e. The third-order valence-electron chi connectivity index (χ3n) is 1.81. The van der Waals surface area contributed by atoms with Gasteiger partial charge in [0, 0.05) is 5.69 Å². The Bertz CT molecular complexity index is 354. The van der Waals surface area contributed by atoms with Crippen LogP contribution in [0.25, 0.3) is 0 Å². The minimum Gasteiger partial charge on any atom is -0.463 e. The number of rotatable bonds is 3. The zero-order valence-corrected chi connectivity index (χ0v) is 8.95. The molecule has 0 aromatic carbocycles. The molecule has 0 atom stereocenters. The lowest BCUT2D eigenvalue weighted by Crippen LogP contribution is -2.01. The minimum absolute atomic E-state index is 0.0311. The second-order valence-electron chi connectivity index (χ2n) is 3.54. The molecule has 0 unspecified atom stereocenters. The van der Waals surface area contributed by atoms with E-state index in [9.17, 15) is 13.2 Å². The van der Waals surface area contributed by atoms with Gasteiger partial charge in [0.1, 0.15) is 5.75 Å². The van der Waals surface area contributed by atoms with Gasteiger partial charge in [-0.3, -0.25) is 4.98 Å². The van der Waals surface area contributed by atoms with Gasteiger partial charge in [0.15, 0.2) is 0 Å². The maximum Gasteiger partial charge on any atom is 0.412 e. The molecule has 2 nitrogen and oxygen atoms in total. The van der Waals surface area contributed by atoms with Crippen LogP contribution in [0.3, 0.4) is 0 Å². The van der Waals surface area contributed by atoms with Crippen LogP contribution in [0.4, 0.5) is 13.2 Å². The molecule has 0 saturated heterocycles. The van der Waals surface area contributed by atoms with Gasteiger partial charge in [0.05, 0.1) is 18.5 Å². The molecule has 0 saturated carbocycles. The Morgan fingerprint density at radius 3 is 2.44 bits per heavy atom. The highest BCUT2D eigenvalue weighted by Crippen LogP contribution is 2.18. The average molecular weight is 231 g/mol. The van der Waals surface area contributed by atoms with Crippen LogP contribution >= 0.6 is 0 Å². The van der Waals surface area contributed by atoms with E-state index in [1.165, 1.54) is 6.20 Å². The number of allylic oxidation sites excluding steroid dienone is 1. The largest absolute Gasteiger partial charge is 0.463 e. The van der Waals surface area contributed by atoms with Gasteiger partial charge in [-0.25, -0.2) is 0 Å². The van der Waals surface area contributed by atoms with Crippen molar-refractivity contribution in [2.45, 2.75) is 25.9 Å². The lowest BCUT2D eigenvalue weighted by atomic mass is 10.1. The number of nitrogens with zero attached hydrogens (tertiary/aromatic N) is 1. The number of hydrogen-bond donors (Lipinski definition) is 0. The summed E-state index contributed by atoms with van der Waals surface area (Å²) >= 11 is 0. The van der Waals surface area contributed by atoms with E-state index in [4.69, 9.17) is 4.74 Å². The van der Waals surface area contributed by atoms with Crippen molar-refractivity contribution >= 4 is 0 Å². The zero-order chi connectivity index (χ0) is 12.2. The van der Waals surface area contributed by atoms with Gasteiger partial charge >= 0.3 is 6.18 Å². The van der Waals surface area contributed by atoms with Gasteiger partial charge < -0.3 is 4.74 Å². The van der Waals surface area contributed by atoms with Crippen molar-refractivity contribution in [3.63, 3.8) is 0 Å². The average Bonchev–Trinajstić information content (AvgIpc) is 2.16. The highest BCUT2D eigenvalue weighted by molar-refractivity contribution is 5.22. The molecule has 0 aliphatic rings. The summed E-state index contributed by atoms with van der Waals surface area (Å²) in [6.45, 7) is 3.96. The molecule has 0 fully saturated rings. The number of alkyl halides is 3. The van der Waals surface area contributed by atoms with Crippen molar-refractivity contribution in [2.75, 3.05) is 0 Å². The molecule has 0 N–H and O–H groups in total. The van der Waals surface area contributed by atoms with E-state index in [0.29, 0.717) is 6.26 Å². The molecule has 0 amide bonds. The number of pyridine rings is 1. The monoisotopic (exact) mass is 231 g/mol. The van der Waals surface area contributed by atoms with Gasteiger partial charge in [0.25, 0.3) is 0 Å². The second kappa shape index (κ2) is 5.01. The van der Waals surface area contributed by atoms with E-state index in [1.807, 2.05) is 13.8 Å². The summed E-state index contributed by atoms with van der Waals surface area (Å²) in [6.07, 6.45) is -2.32. The summed E-state index contributed by atoms with van der Waals surface area (Å²) in [5.41, 5.74) is 0.868. The molecular weight excluding hydrogens is 219 g/mol. The van der Waals surface area contributed by atoms with Crippen LogP contribution in [-0.2, 0) is 0 Å². The van der Waals surface area contributed by atoms with Crippen molar-refractivity contribution in [2.24, 2.45) is 0 Å². The number of hydrogen-bond acceptors (Lipinski definition) is 2. The van der Waals surface area contributed by atoms with Gasteiger partial charge in [-0.15, -0.1) is 0 Å². The van der Waals surface area contributed by atoms with E-state index in [2.05, 4.69) is 4.98 Å². The summed E-state index contributed by atoms with van der Waals surface area (Å²) in [4.78, 5) is 4.05. The summed E-state index contributed by atoms with van der Waals surface area (Å²) in [6, 6.07) is 3.31. The Morgan fingerprint density at radius 2 is 2.00 bits per heavy atom. The number of halogens is 3. The first-order valence-electron chi connectivity index (χ1n) is 4.75. The van der Waals surface area contributed by atoms with E-state index >= 15 is 0 Å². The Hall–Kier alpha value is -1.52. The maximum atomic E-state index is 11.7. The Labute approximate surface area is 91.8 Å². The molecule has 1 aromatic heterocycles. The molecule has 0 bridgehead atoms. The van der Waals surface area contributed by atoms with Crippen LogP contribution in [0.2, 0.25) is 0 Å². The molecule has 1 rings (SSSR count). The lowest BCUT2D eigenvalue weighted by Gasteiger charge is -2.05. The van der Waals surface area contributed by atoms with Gasteiger partial charge in [-0.05, 0) is 18.1 Å². The fourth-order valence-electron chi connectivity index (χ4n) is 0.993. The van der Waals surface area contributed by atoms with E-state index < -0.39 is 6.18 Å². The van der Waals surface area contributed by atoms with Crippen molar-refractivity contribution in [3.05, 3.63) is 36.4 Å². The first kappa shape index (κ1) is 12.5. The lowest BCUT2D eigenvalue weighted by molar-refractivity contribution is -0.0809. The zero-order valence-electron chi connectivity index (χ0n) is 8.95. The Kier molecular flexibility index (Phi) is 3.93. The summed E-state index contributed by atoms with van der Waals surface area (Å²) in [5.74, 6) is 0.560. The summed E-state index contributed by atoms with van der Waals surface area (Å²) in [7, 11) is 0. The molecule has 0 aliphatic heterocycles. The fraction of sp³-hybridized carbons (Fsp3) is 0.364. The van der Waals surface area contributed by atoms with Crippen LogP contribution in [-0.4, -0.2) is 11.2 Å². The quantitative estimate of drug-likeness (QED) is 0.740. The van der Waals surface area contributed by atoms with Gasteiger partial charge in [-0.1, -0.05) is 13.8 Å². The first-order chi connectivity index (χ1) is 7.38. The third kappa shape index (κ3) is 4.33.